The van der Waals surface area contributed by atoms with E-state index in [1.54, 1.807) is 0 Å². The molecule has 0 saturated heterocycles. The molecule has 0 heterocycles. The van der Waals surface area contributed by atoms with Crippen LogP contribution in [-0.4, -0.2) is 27.9 Å². The molecule has 0 spiro atoms. The van der Waals surface area contributed by atoms with Gasteiger partial charge in [-0.25, -0.2) is 0 Å². The first kappa shape index (κ1) is 16.6. The van der Waals surface area contributed by atoms with Crippen molar-refractivity contribution in [2.45, 2.75) is 40.0 Å². The number of halogens is 1. The van der Waals surface area contributed by atoms with E-state index in [-0.39, 0.29) is 5.41 Å². The molecule has 1 aromatic rings. The summed E-state index contributed by atoms with van der Waals surface area (Å²) in [4.78, 5) is 0. The van der Waals surface area contributed by atoms with Crippen molar-refractivity contribution in [1.82, 2.24) is 0 Å². The summed E-state index contributed by atoms with van der Waals surface area (Å²) in [5.41, 5.74) is 2.97. The Morgan fingerprint density at radius 3 is 2.00 bits per heavy atom. The van der Waals surface area contributed by atoms with Crippen LogP contribution in [0.25, 0.3) is 0 Å². The predicted octanol–water partition coefficient (Wildman–Crippen LogP) is 1.37. The van der Waals surface area contributed by atoms with Crippen molar-refractivity contribution in [1.29, 1.82) is 0 Å². The van der Waals surface area contributed by atoms with Gasteiger partial charge in [0.15, 0.2) is 5.75 Å². The van der Waals surface area contributed by atoms with E-state index in [1.165, 1.54) is 0 Å². The molecule has 0 fully saturated rings. The average Bonchev–Trinajstić information content (AvgIpc) is 2.24. The molecule has 0 bridgehead atoms. The van der Waals surface area contributed by atoms with E-state index in [9.17, 15) is 0 Å². The highest BCUT2D eigenvalue weighted by molar-refractivity contribution is 9.10. The van der Waals surface area contributed by atoms with Gasteiger partial charge in [0.2, 0.25) is 10.5 Å². The highest BCUT2D eigenvalue weighted by Crippen LogP contribution is 2.46. The predicted molar refractivity (Wildman–Crippen MR) is 83.7 cm³/mol. The number of benzene rings is 1. The summed E-state index contributed by atoms with van der Waals surface area (Å²) in [6.45, 7) is 10.2. The van der Waals surface area contributed by atoms with Crippen molar-refractivity contribution in [3.05, 3.63) is 21.2 Å². The molecule has 0 aliphatic carbocycles. The third-order valence-electron chi connectivity index (χ3n) is 3.00. The second-order valence-corrected chi connectivity index (χ2v) is 6.70. The lowest BCUT2D eigenvalue weighted by atomic mass is 9.80. The fourth-order valence-electron chi connectivity index (χ4n) is 2.50. The van der Waals surface area contributed by atoms with E-state index in [2.05, 4.69) is 36.7 Å². The molecule has 0 unspecified atom stereocenters. The van der Waals surface area contributed by atoms with Crippen LogP contribution in [-0.2, 0) is 5.41 Å². The lowest BCUT2D eigenvalue weighted by Gasteiger charge is -2.28. The molecule has 0 aromatic heterocycles. The largest absolute Gasteiger partial charge is 0.707 e. The smallest absolute Gasteiger partial charge is 0.550 e. The van der Waals surface area contributed by atoms with E-state index in [0.29, 0.717) is 22.0 Å². The van der Waals surface area contributed by atoms with E-state index in [1.807, 2.05) is 13.8 Å². The van der Waals surface area contributed by atoms with Gasteiger partial charge >= 0.3 is 7.32 Å². The second-order valence-electron chi connectivity index (χ2n) is 5.50. The molecule has 19 heavy (non-hydrogen) atoms. The Morgan fingerprint density at radius 1 is 1.11 bits per heavy atom. The molecule has 1 aromatic carbocycles. The fourth-order valence-corrected chi connectivity index (χ4v) is 3.73. The topological polar surface area (TPSA) is 58.9 Å². The minimum Gasteiger partial charge on any atom is -0.550 e. The van der Waals surface area contributed by atoms with Gasteiger partial charge in [-0.15, -0.1) is 0 Å². The van der Waals surface area contributed by atoms with Crippen LogP contribution < -0.4 is 9.08 Å². The molecule has 0 amide bonds. The highest BCUT2D eigenvalue weighted by atomic mass is 79.9. The zero-order valence-corrected chi connectivity index (χ0v) is 15.8. The zero-order chi connectivity index (χ0) is 15.0. The third-order valence-corrected chi connectivity index (χ3v) is 4.37. The van der Waals surface area contributed by atoms with E-state index in [4.69, 9.17) is 19.1 Å². The van der Waals surface area contributed by atoms with Gasteiger partial charge in [-0.05, 0) is 51.9 Å². The highest BCUT2D eigenvalue weighted by Gasteiger charge is 2.28. The molecule has 106 valence electrons. The summed E-state index contributed by atoms with van der Waals surface area (Å²) in [5, 5.41) is 18.2. The maximum absolute atomic E-state index is 9.08. The molecule has 4 nitrogen and oxygen atoms in total. The molecule has 0 radical (unpaired) electrons. The van der Waals surface area contributed by atoms with Gasteiger partial charge in [-0.3, -0.25) is 0 Å². The summed E-state index contributed by atoms with van der Waals surface area (Å²) < 4.78 is 11.4. The number of hydrogen-bond acceptors (Lipinski definition) is 4. The van der Waals surface area contributed by atoms with Crippen molar-refractivity contribution in [3.63, 3.8) is 0 Å². The third kappa shape index (κ3) is 3.34. The zero-order valence-electron chi connectivity index (χ0n) is 12.2. The van der Waals surface area contributed by atoms with Crippen LogP contribution >= 0.6 is 15.9 Å². The molecule has 0 aliphatic heterocycles. The SMILES string of the molecule is Cc1c(Br)c(O[SiH3])c(OB(O)O)c(C)c1C(C)(C)C. The van der Waals surface area contributed by atoms with Crippen LogP contribution in [0.15, 0.2) is 4.47 Å². The molecule has 2 N–H and O–H groups in total. The maximum atomic E-state index is 9.08. The van der Waals surface area contributed by atoms with E-state index < -0.39 is 7.32 Å². The summed E-state index contributed by atoms with van der Waals surface area (Å²) in [6.07, 6.45) is 0. The molecular weight excluding hydrogens is 327 g/mol. The van der Waals surface area contributed by atoms with Crippen LogP contribution in [0.5, 0.6) is 11.5 Å². The Hall–Kier alpha value is -0.498. The summed E-state index contributed by atoms with van der Waals surface area (Å²) in [7, 11) is -1.38. The summed E-state index contributed by atoms with van der Waals surface area (Å²) >= 11 is 3.51. The fraction of sp³-hybridized carbons (Fsp3) is 0.500. The van der Waals surface area contributed by atoms with Crippen molar-refractivity contribution < 1.29 is 19.1 Å². The van der Waals surface area contributed by atoms with Crippen molar-refractivity contribution >= 4 is 33.7 Å². The molecule has 0 aliphatic rings. The van der Waals surface area contributed by atoms with Crippen LogP contribution in [0.3, 0.4) is 0 Å². The van der Waals surface area contributed by atoms with Gasteiger partial charge < -0.3 is 19.1 Å². The molecule has 1 rings (SSSR count). The number of rotatable bonds is 3. The Balaban J connectivity index is 3.66. The van der Waals surface area contributed by atoms with Crippen molar-refractivity contribution in [3.8, 4) is 11.5 Å². The standard InChI is InChI=1S/C12H20BBrO4Si/c1-6-8(12(3,4)5)7(2)10(17-13(15)16)11(18-19)9(6)14/h15-16H,1-5,19H3. The Labute approximate surface area is 126 Å². The van der Waals surface area contributed by atoms with Crippen molar-refractivity contribution in [2.24, 2.45) is 0 Å². The molecular formula is C12H20BBrO4Si. The van der Waals surface area contributed by atoms with Gasteiger partial charge in [0.05, 0.1) is 4.47 Å². The van der Waals surface area contributed by atoms with E-state index in [0.717, 1.165) is 21.2 Å². The average molecular weight is 347 g/mol. The van der Waals surface area contributed by atoms with Gasteiger partial charge in [0, 0.05) is 0 Å². The minimum atomic E-state index is -1.86. The first-order chi connectivity index (χ1) is 8.61. The summed E-state index contributed by atoms with van der Waals surface area (Å²) in [6, 6.07) is 0. The Bertz CT molecular complexity index is 486. The molecule has 0 atom stereocenters. The second kappa shape index (κ2) is 5.87. The minimum absolute atomic E-state index is 0.0844. The van der Waals surface area contributed by atoms with Crippen molar-refractivity contribution in [2.75, 3.05) is 0 Å². The maximum Gasteiger partial charge on any atom is 0.707 e. The Kier molecular flexibility index (Phi) is 5.11. The van der Waals surface area contributed by atoms with Crippen LogP contribution in [0.1, 0.15) is 37.5 Å². The lowest BCUT2D eigenvalue weighted by molar-refractivity contribution is 0.283. The van der Waals surface area contributed by atoms with Gasteiger partial charge in [0.1, 0.15) is 5.75 Å². The lowest BCUT2D eigenvalue weighted by Crippen LogP contribution is -2.24. The Morgan fingerprint density at radius 2 is 1.63 bits per heavy atom. The first-order valence-corrected chi connectivity index (χ1v) is 7.62. The number of hydrogen-bond donors (Lipinski definition) is 2. The van der Waals surface area contributed by atoms with Crippen LogP contribution in [0.2, 0.25) is 0 Å². The quantitative estimate of drug-likeness (QED) is 0.811. The van der Waals surface area contributed by atoms with E-state index >= 15 is 0 Å². The normalized spacial score (nSPS) is 11.6. The van der Waals surface area contributed by atoms with Gasteiger partial charge in [0.25, 0.3) is 0 Å². The molecule has 0 saturated carbocycles. The first-order valence-electron chi connectivity index (χ1n) is 6.01. The van der Waals surface area contributed by atoms with Crippen LogP contribution in [0.4, 0.5) is 0 Å². The monoisotopic (exact) mass is 346 g/mol. The van der Waals surface area contributed by atoms with Gasteiger partial charge in [-0.1, -0.05) is 20.8 Å². The van der Waals surface area contributed by atoms with Crippen LogP contribution in [0, 0.1) is 13.8 Å². The summed E-state index contributed by atoms with van der Waals surface area (Å²) in [5.74, 6) is 0.912. The molecule has 7 heteroatoms. The van der Waals surface area contributed by atoms with Gasteiger partial charge in [-0.2, -0.15) is 0 Å².